The summed E-state index contributed by atoms with van der Waals surface area (Å²) in [4.78, 5) is 16.8. The summed E-state index contributed by atoms with van der Waals surface area (Å²) in [6, 6.07) is 11.2. The maximum absolute atomic E-state index is 11.5. The first-order valence-electron chi connectivity index (χ1n) is 9.64. The van der Waals surface area contributed by atoms with E-state index in [1.165, 1.54) is 11.1 Å². The molecule has 0 saturated carbocycles. The molecule has 2 unspecified atom stereocenters. The third-order valence-electron chi connectivity index (χ3n) is 5.24. The van der Waals surface area contributed by atoms with Crippen LogP contribution in [0.1, 0.15) is 24.0 Å². The van der Waals surface area contributed by atoms with Crippen molar-refractivity contribution in [2.45, 2.75) is 37.8 Å². The van der Waals surface area contributed by atoms with Crippen LogP contribution >= 0.6 is 0 Å². The van der Waals surface area contributed by atoms with Crippen LogP contribution in [0.4, 0.5) is 0 Å². The van der Waals surface area contributed by atoms with Crippen LogP contribution in [0.15, 0.2) is 41.2 Å². The molecule has 2 aromatic carbocycles. The van der Waals surface area contributed by atoms with Gasteiger partial charge >= 0.3 is 5.69 Å². The van der Waals surface area contributed by atoms with Crippen molar-refractivity contribution in [2.75, 3.05) is 13.2 Å². The van der Waals surface area contributed by atoms with Crippen molar-refractivity contribution in [1.29, 1.82) is 0 Å². The van der Waals surface area contributed by atoms with E-state index in [0.29, 0.717) is 29.1 Å². The van der Waals surface area contributed by atoms with Gasteiger partial charge in [0.15, 0.2) is 0 Å². The van der Waals surface area contributed by atoms with E-state index in [1.54, 1.807) is 24.3 Å². The van der Waals surface area contributed by atoms with E-state index in [0.717, 1.165) is 25.7 Å². The van der Waals surface area contributed by atoms with Gasteiger partial charge in [0.05, 0.1) is 5.52 Å². The minimum atomic E-state index is -0.663. The third kappa shape index (κ3) is 4.21. The molecule has 28 heavy (non-hydrogen) atoms. The zero-order chi connectivity index (χ0) is 19.5. The zero-order valence-electron chi connectivity index (χ0n) is 15.6. The van der Waals surface area contributed by atoms with Gasteiger partial charge in [-0.25, -0.2) is 4.79 Å². The number of aliphatic hydroxyl groups is 1. The number of phenolic OH excluding ortho intramolecular Hbond substituents is 1. The Hall–Kier alpha value is -2.77. The number of hydrogen-bond acceptors (Lipinski definition) is 5. The molecule has 4 rings (SSSR count). The van der Waals surface area contributed by atoms with Crippen LogP contribution < -0.4 is 15.7 Å². The molecular formula is C21H25N3O4. The molecule has 0 saturated heterocycles. The molecule has 0 aliphatic heterocycles. The fourth-order valence-corrected chi connectivity index (χ4v) is 3.82. The number of aromatic amines is 2. The summed E-state index contributed by atoms with van der Waals surface area (Å²) in [7, 11) is 0. The molecule has 0 fully saturated rings. The molecule has 1 heterocycles. The van der Waals surface area contributed by atoms with Crippen LogP contribution in [0.5, 0.6) is 11.5 Å². The summed E-state index contributed by atoms with van der Waals surface area (Å²) in [5.74, 6) is 0.856. The van der Waals surface area contributed by atoms with Gasteiger partial charge in [0.25, 0.3) is 0 Å². The number of imidazole rings is 1. The SMILES string of the molecule is O=c1[nH]c2cccc(OCC(O)CNC3CCCc4cc(O)ccc4C3)c2[nH]1. The van der Waals surface area contributed by atoms with Crippen LogP contribution in [0, 0.1) is 0 Å². The van der Waals surface area contributed by atoms with Crippen molar-refractivity contribution in [3.05, 3.63) is 58.0 Å². The lowest BCUT2D eigenvalue weighted by molar-refractivity contribution is 0.104. The van der Waals surface area contributed by atoms with E-state index in [2.05, 4.69) is 15.3 Å². The molecule has 148 valence electrons. The van der Waals surface area contributed by atoms with Crippen LogP contribution in [-0.2, 0) is 12.8 Å². The van der Waals surface area contributed by atoms with Crippen LogP contribution in [-0.4, -0.2) is 45.5 Å². The first-order valence-corrected chi connectivity index (χ1v) is 9.64. The number of benzene rings is 2. The monoisotopic (exact) mass is 383 g/mol. The molecule has 3 aromatic rings. The highest BCUT2D eigenvalue weighted by atomic mass is 16.5. The first kappa shape index (κ1) is 18.6. The van der Waals surface area contributed by atoms with E-state index in [4.69, 9.17) is 4.74 Å². The Labute approximate surface area is 162 Å². The van der Waals surface area contributed by atoms with E-state index < -0.39 is 6.10 Å². The van der Waals surface area contributed by atoms with Gasteiger partial charge < -0.3 is 30.2 Å². The van der Waals surface area contributed by atoms with Crippen LogP contribution in [0.2, 0.25) is 0 Å². The average molecular weight is 383 g/mol. The third-order valence-corrected chi connectivity index (χ3v) is 5.24. The summed E-state index contributed by atoms with van der Waals surface area (Å²) in [6.45, 7) is 0.564. The number of aliphatic hydroxyl groups excluding tert-OH is 1. The lowest BCUT2D eigenvalue weighted by atomic mass is 10.0. The second kappa shape index (κ2) is 8.08. The molecule has 0 radical (unpaired) electrons. The molecule has 1 aliphatic rings. The van der Waals surface area contributed by atoms with Gasteiger partial charge in [-0.05, 0) is 61.1 Å². The maximum Gasteiger partial charge on any atom is 0.323 e. The number of aryl methyl sites for hydroxylation is 1. The smallest absolute Gasteiger partial charge is 0.323 e. The zero-order valence-corrected chi connectivity index (χ0v) is 15.6. The summed E-state index contributed by atoms with van der Waals surface area (Å²) >= 11 is 0. The molecule has 2 atom stereocenters. The molecule has 7 heteroatoms. The van der Waals surface area contributed by atoms with Crippen molar-refractivity contribution in [3.63, 3.8) is 0 Å². The molecule has 0 spiro atoms. The number of ether oxygens (including phenoxy) is 1. The Morgan fingerprint density at radius 2 is 2.11 bits per heavy atom. The predicted octanol–water partition coefficient (Wildman–Crippen LogP) is 1.84. The van der Waals surface area contributed by atoms with E-state index in [1.807, 2.05) is 12.1 Å². The number of nitrogens with one attached hydrogen (secondary N) is 3. The number of aromatic hydroxyl groups is 1. The quantitative estimate of drug-likeness (QED) is 0.417. The molecular weight excluding hydrogens is 358 g/mol. The number of rotatable bonds is 6. The van der Waals surface area contributed by atoms with Gasteiger partial charge in [-0.3, -0.25) is 0 Å². The van der Waals surface area contributed by atoms with Gasteiger partial charge in [-0.1, -0.05) is 12.1 Å². The molecule has 1 aliphatic carbocycles. The number of H-pyrrole nitrogens is 2. The second-order valence-electron chi connectivity index (χ2n) is 7.38. The van der Waals surface area contributed by atoms with Crippen molar-refractivity contribution in [1.82, 2.24) is 15.3 Å². The lowest BCUT2D eigenvalue weighted by Gasteiger charge is -2.20. The van der Waals surface area contributed by atoms with Gasteiger partial charge in [0.2, 0.25) is 0 Å². The number of hydrogen-bond donors (Lipinski definition) is 5. The van der Waals surface area contributed by atoms with Gasteiger partial charge in [-0.15, -0.1) is 0 Å². The highest BCUT2D eigenvalue weighted by Gasteiger charge is 2.18. The molecule has 0 bridgehead atoms. The van der Waals surface area contributed by atoms with E-state index in [-0.39, 0.29) is 18.3 Å². The number of aromatic nitrogens is 2. The fourth-order valence-electron chi connectivity index (χ4n) is 3.82. The molecule has 0 amide bonds. The van der Waals surface area contributed by atoms with Crippen molar-refractivity contribution < 1.29 is 14.9 Å². The summed E-state index contributed by atoms with van der Waals surface area (Å²) in [5, 5.41) is 23.4. The van der Waals surface area contributed by atoms with Crippen LogP contribution in [0.25, 0.3) is 11.0 Å². The van der Waals surface area contributed by atoms with E-state index in [9.17, 15) is 15.0 Å². The summed E-state index contributed by atoms with van der Waals surface area (Å²) in [6.07, 6.45) is 3.25. The van der Waals surface area contributed by atoms with Crippen LogP contribution in [0.3, 0.4) is 0 Å². The summed E-state index contributed by atoms with van der Waals surface area (Å²) in [5.41, 5.74) is 3.47. The van der Waals surface area contributed by atoms with E-state index >= 15 is 0 Å². The predicted molar refractivity (Wildman–Crippen MR) is 107 cm³/mol. The number of phenols is 1. The van der Waals surface area contributed by atoms with Gasteiger partial charge in [0.1, 0.15) is 29.7 Å². The second-order valence-corrected chi connectivity index (χ2v) is 7.38. The normalized spacial score (nSPS) is 17.8. The Kier molecular flexibility index (Phi) is 5.36. The van der Waals surface area contributed by atoms with Crippen molar-refractivity contribution >= 4 is 11.0 Å². The maximum atomic E-state index is 11.5. The highest BCUT2D eigenvalue weighted by Crippen LogP contribution is 2.24. The topological polar surface area (TPSA) is 110 Å². The van der Waals surface area contributed by atoms with Crippen molar-refractivity contribution in [3.8, 4) is 11.5 Å². The highest BCUT2D eigenvalue weighted by molar-refractivity contribution is 5.80. The number of para-hydroxylation sites is 1. The average Bonchev–Trinajstić information content (AvgIpc) is 2.94. The Morgan fingerprint density at radius 1 is 1.21 bits per heavy atom. The van der Waals surface area contributed by atoms with Gasteiger partial charge in [0, 0.05) is 12.6 Å². The number of fused-ring (bicyclic) bond motifs is 2. The van der Waals surface area contributed by atoms with Crippen molar-refractivity contribution in [2.24, 2.45) is 0 Å². The fraction of sp³-hybridized carbons (Fsp3) is 0.381. The summed E-state index contributed by atoms with van der Waals surface area (Å²) < 4.78 is 5.72. The Bertz CT molecular complexity index is 1010. The first-order chi connectivity index (χ1) is 13.6. The minimum Gasteiger partial charge on any atom is -0.508 e. The van der Waals surface area contributed by atoms with Gasteiger partial charge in [-0.2, -0.15) is 0 Å². The Morgan fingerprint density at radius 3 is 3.00 bits per heavy atom. The molecule has 7 nitrogen and oxygen atoms in total. The minimum absolute atomic E-state index is 0.135. The lowest BCUT2D eigenvalue weighted by Crippen LogP contribution is -2.39. The molecule has 5 N–H and O–H groups in total. The molecule has 1 aromatic heterocycles. The largest absolute Gasteiger partial charge is 0.508 e. The standard InChI is InChI=1S/C21H25N3O4/c25-16-8-7-14-9-15(4-1-3-13(14)10-16)22-11-17(26)12-28-19-6-2-5-18-20(19)24-21(27)23-18/h2,5-8,10,15,17,22,25-26H,1,3-4,9,11-12H2,(H2,23,24,27). The Balaban J connectivity index is 1.31.